The number of nitrogens with two attached hydrogens (primary N) is 1. The predicted octanol–water partition coefficient (Wildman–Crippen LogP) is 1.37. The van der Waals surface area contributed by atoms with Gasteiger partial charge >= 0.3 is 0 Å². The summed E-state index contributed by atoms with van der Waals surface area (Å²) in [5.41, 5.74) is 9.17. The van der Waals surface area contributed by atoms with Crippen LogP contribution < -0.4 is 5.73 Å². The van der Waals surface area contributed by atoms with E-state index >= 15 is 0 Å². The Morgan fingerprint density at radius 2 is 2.20 bits per heavy atom. The Balaban J connectivity index is 1.58. The number of hydrogen-bond donors (Lipinski definition) is 2. The molecule has 1 aliphatic rings. The van der Waals surface area contributed by atoms with E-state index in [9.17, 15) is 5.11 Å². The minimum absolute atomic E-state index is 0.106. The molecule has 132 valence electrons. The molecule has 0 unspecified atom stereocenters. The van der Waals surface area contributed by atoms with Crippen LogP contribution in [0.3, 0.4) is 0 Å². The average Bonchev–Trinajstić information content (AvgIpc) is 3.15. The van der Waals surface area contributed by atoms with Crippen molar-refractivity contribution in [3.63, 3.8) is 0 Å². The van der Waals surface area contributed by atoms with Crippen LogP contribution in [-0.4, -0.2) is 53.2 Å². The first-order valence-electron chi connectivity index (χ1n) is 8.22. The van der Waals surface area contributed by atoms with E-state index in [4.69, 9.17) is 5.73 Å². The van der Waals surface area contributed by atoms with Crippen molar-refractivity contribution in [1.29, 1.82) is 0 Å². The van der Waals surface area contributed by atoms with E-state index in [1.807, 2.05) is 23.9 Å². The first-order valence-corrected chi connectivity index (χ1v) is 9.10. The van der Waals surface area contributed by atoms with Gasteiger partial charge in [-0.05, 0) is 20.3 Å². The maximum Gasteiger partial charge on any atom is 0.165 e. The topological polar surface area (TPSA) is 106 Å². The lowest BCUT2D eigenvalue weighted by Gasteiger charge is -2.43. The zero-order valence-corrected chi connectivity index (χ0v) is 15.1. The summed E-state index contributed by atoms with van der Waals surface area (Å²) in [5.74, 6) is 0.362. The van der Waals surface area contributed by atoms with Gasteiger partial charge in [-0.2, -0.15) is 0 Å². The number of piperidine rings is 1. The summed E-state index contributed by atoms with van der Waals surface area (Å²) in [6.45, 7) is 6.19. The van der Waals surface area contributed by atoms with E-state index in [1.54, 1.807) is 17.7 Å². The normalized spacial score (nSPS) is 24.8. The fraction of sp³-hybridized carbons (Fsp3) is 0.500. The summed E-state index contributed by atoms with van der Waals surface area (Å²) in [4.78, 5) is 20.5. The molecule has 0 aliphatic carbocycles. The van der Waals surface area contributed by atoms with Crippen molar-refractivity contribution in [3.05, 3.63) is 28.7 Å². The van der Waals surface area contributed by atoms with Crippen LogP contribution in [0, 0.1) is 6.92 Å². The van der Waals surface area contributed by atoms with Crippen LogP contribution in [0.1, 0.15) is 30.0 Å². The molecule has 8 nitrogen and oxygen atoms in total. The molecule has 4 rings (SSSR count). The molecule has 9 heteroatoms. The van der Waals surface area contributed by atoms with Gasteiger partial charge in [-0.3, -0.25) is 4.90 Å². The maximum atomic E-state index is 11.1. The summed E-state index contributed by atoms with van der Waals surface area (Å²) in [6.07, 6.45) is 3.95. The number of aryl methyl sites for hydroxylation is 1. The molecule has 1 fully saturated rings. The number of aromatic nitrogens is 5. The standard InChI is InChI=1S/C16H21N7OS/c1-10-11(25-9-21-10)5-22-4-3-12(16(2,24)6-22)23-8-20-13-14(17)18-7-19-15(13)23/h7-9,12,24H,3-6H2,1-2H3,(H2,17,18,19)/t12-,16-/m1/s1. The molecule has 25 heavy (non-hydrogen) atoms. The second-order valence-corrected chi connectivity index (χ2v) is 7.76. The third-order valence-electron chi connectivity index (χ3n) is 4.92. The zero-order valence-electron chi connectivity index (χ0n) is 14.3. The summed E-state index contributed by atoms with van der Waals surface area (Å²) in [7, 11) is 0. The summed E-state index contributed by atoms with van der Waals surface area (Å²) in [6, 6.07) is -0.106. The molecule has 1 saturated heterocycles. The second kappa shape index (κ2) is 6.01. The van der Waals surface area contributed by atoms with Gasteiger partial charge in [-0.15, -0.1) is 11.3 Å². The predicted molar refractivity (Wildman–Crippen MR) is 96.1 cm³/mol. The van der Waals surface area contributed by atoms with E-state index in [0.29, 0.717) is 23.5 Å². The molecule has 2 atom stereocenters. The van der Waals surface area contributed by atoms with Crippen molar-refractivity contribution in [2.45, 2.75) is 38.5 Å². The van der Waals surface area contributed by atoms with Gasteiger partial charge < -0.3 is 15.4 Å². The number of thiazole rings is 1. The Kier molecular flexibility index (Phi) is 3.94. The van der Waals surface area contributed by atoms with E-state index in [2.05, 4.69) is 24.8 Å². The molecule has 0 bridgehead atoms. The molecule has 1 aliphatic heterocycles. The minimum atomic E-state index is -0.899. The Labute approximate surface area is 149 Å². The third kappa shape index (κ3) is 2.88. The van der Waals surface area contributed by atoms with Crippen molar-refractivity contribution < 1.29 is 5.11 Å². The molecule has 3 N–H and O–H groups in total. The van der Waals surface area contributed by atoms with Gasteiger partial charge in [0.2, 0.25) is 0 Å². The molecule has 3 aromatic heterocycles. The molecule has 0 amide bonds. The molecular formula is C16H21N7OS. The van der Waals surface area contributed by atoms with E-state index < -0.39 is 5.60 Å². The minimum Gasteiger partial charge on any atom is -0.387 e. The van der Waals surface area contributed by atoms with Crippen molar-refractivity contribution >= 4 is 28.3 Å². The number of hydrogen-bond acceptors (Lipinski definition) is 8. The summed E-state index contributed by atoms with van der Waals surface area (Å²) in [5, 5.41) is 11.1. The quantitative estimate of drug-likeness (QED) is 0.727. The SMILES string of the molecule is Cc1ncsc1CN1CC[C@@H](n2cnc3c(N)ncnc32)[C@](C)(O)C1. The van der Waals surface area contributed by atoms with Gasteiger partial charge in [0.25, 0.3) is 0 Å². The number of likely N-dealkylation sites (tertiary alicyclic amines) is 1. The fourth-order valence-corrected chi connectivity index (χ4v) is 4.42. The Hall–Kier alpha value is -2.10. The van der Waals surface area contributed by atoms with Gasteiger partial charge in [-0.1, -0.05) is 0 Å². The summed E-state index contributed by atoms with van der Waals surface area (Å²) >= 11 is 1.66. The monoisotopic (exact) mass is 359 g/mol. The molecule has 0 aromatic carbocycles. The lowest BCUT2D eigenvalue weighted by Crippen LogP contribution is -2.52. The van der Waals surface area contributed by atoms with Crippen molar-refractivity contribution in [1.82, 2.24) is 29.4 Å². The fourth-order valence-electron chi connectivity index (χ4n) is 3.61. The third-order valence-corrected chi connectivity index (χ3v) is 5.84. The van der Waals surface area contributed by atoms with E-state index in [1.165, 1.54) is 11.2 Å². The smallest absolute Gasteiger partial charge is 0.165 e. The van der Waals surface area contributed by atoms with E-state index in [-0.39, 0.29) is 6.04 Å². The largest absolute Gasteiger partial charge is 0.387 e. The van der Waals surface area contributed by atoms with E-state index in [0.717, 1.165) is 25.2 Å². The van der Waals surface area contributed by atoms with Crippen LogP contribution in [0.2, 0.25) is 0 Å². The highest BCUT2D eigenvalue weighted by Gasteiger charge is 2.40. The maximum absolute atomic E-state index is 11.1. The van der Waals surface area contributed by atoms with Gasteiger partial charge in [0, 0.05) is 24.5 Å². The molecule has 0 radical (unpaired) electrons. The second-order valence-electron chi connectivity index (χ2n) is 6.82. The summed E-state index contributed by atoms with van der Waals surface area (Å²) < 4.78 is 1.93. The highest BCUT2D eigenvalue weighted by molar-refractivity contribution is 7.09. The van der Waals surface area contributed by atoms with Crippen molar-refractivity contribution in [2.24, 2.45) is 0 Å². The highest BCUT2D eigenvalue weighted by atomic mass is 32.1. The van der Waals surface area contributed by atoms with Gasteiger partial charge in [0.1, 0.15) is 11.8 Å². The van der Waals surface area contributed by atoms with Gasteiger partial charge in [-0.25, -0.2) is 19.9 Å². The zero-order chi connectivity index (χ0) is 17.6. The Bertz CT molecular complexity index is 903. The molecular weight excluding hydrogens is 338 g/mol. The lowest BCUT2D eigenvalue weighted by molar-refractivity contribution is -0.0577. The lowest BCUT2D eigenvalue weighted by atomic mass is 9.88. The molecule has 4 heterocycles. The van der Waals surface area contributed by atoms with Crippen molar-refractivity contribution in [3.8, 4) is 0 Å². The van der Waals surface area contributed by atoms with Crippen LogP contribution in [0.4, 0.5) is 5.82 Å². The Morgan fingerprint density at radius 3 is 2.92 bits per heavy atom. The Morgan fingerprint density at radius 1 is 1.36 bits per heavy atom. The number of imidazole rings is 1. The van der Waals surface area contributed by atoms with Crippen LogP contribution in [0.15, 0.2) is 18.2 Å². The number of nitrogens with zero attached hydrogens (tertiary/aromatic N) is 6. The van der Waals surface area contributed by atoms with Crippen LogP contribution in [0.5, 0.6) is 0 Å². The van der Waals surface area contributed by atoms with Crippen LogP contribution in [-0.2, 0) is 6.54 Å². The van der Waals surface area contributed by atoms with Gasteiger partial charge in [0.15, 0.2) is 11.5 Å². The molecule has 0 spiro atoms. The number of anilines is 1. The van der Waals surface area contributed by atoms with Crippen LogP contribution >= 0.6 is 11.3 Å². The first-order chi connectivity index (χ1) is 12.0. The van der Waals surface area contributed by atoms with Gasteiger partial charge in [0.05, 0.1) is 29.2 Å². The molecule has 0 saturated carbocycles. The first kappa shape index (κ1) is 16.4. The average molecular weight is 359 g/mol. The van der Waals surface area contributed by atoms with Crippen molar-refractivity contribution in [2.75, 3.05) is 18.8 Å². The van der Waals surface area contributed by atoms with Crippen LogP contribution in [0.25, 0.3) is 11.2 Å². The molecule has 3 aromatic rings. The number of fused-ring (bicyclic) bond motifs is 1. The number of β-amino-alcohol motifs (C(OH)–C–C–N with tert-alkyl or cyclic N) is 1. The highest BCUT2D eigenvalue weighted by Crippen LogP contribution is 2.35. The number of nitrogen functional groups attached to an aromatic ring is 1. The number of rotatable bonds is 3. The number of aliphatic hydroxyl groups is 1.